The molecule has 3 rings (SSSR count). The molecule has 2 saturated heterocycles. The fourth-order valence-corrected chi connectivity index (χ4v) is 4.04. The smallest absolute Gasteiger partial charge is 0.417 e. The van der Waals surface area contributed by atoms with Gasteiger partial charge < -0.3 is 9.64 Å². The summed E-state index contributed by atoms with van der Waals surface area (Å²) in [5.74, 6) is -0.684. The number of cyclic esters (lactones) is 1. The van der Waals surface area contributed by atoms with Crippen molar-refractivity contribution >= 4 is 39.5 Å². The number of likely N-dealkylation sites (tertiary alicyclic amines) is 1. The van der Waals surface area contributed by atoms with E-state index in [1.54, 1.807) is 6.07 Å². The van der Waals surface area contributed by atoms with Gasteiger partial charge in [0.25, 0.3) is 5.91 Å². The second kappa shape index (κ2) is 7.22. The Morgan fingerprint density at radius 2 is 2.04 bits per heavy atom. The Kier molecular flexibility index (Phi) is 5.17. The normalized spacial score (nSPS) is 18.0. The van der Waals surface area contributed by atoms with Crippen molar-refractivity contribution in [1.82, 2.24) is 14.5 Å². The van der Waals surface area contributed by atoms with Crippen LogP contribution in [0.25, 0.3) is 0 Å². The van der Waals surface area contributed by atoms with Gasteiger partial charge in [-0.1, -0.05) is 17.7 Å². The summed E-state index contributed by atoms with van der Waals surface area (Å²) in [5, 5.41) is 0.297. The largest absolute Gasteiger partial charge is 0.439 e. The van der Waals surface area contributed by atoms with E-state index in [0.717, 1.165) is 4.90 Å². The van der Waals surface area contributed by atoms with Crippen LogP contribution in [0.4, 0.5) is 4.79 Å². The first-order valence-electron chi connectivity index (χ1n) is 7.80. The van der Waals surface area contributed by atoms with Crippen molar-refractivity contribution < 1.29 is 27.5 Å². The lowest BCUT2D eigenvalue weighted by Gasteiger charge is -2.42. The maximum Gasteiger partial charge on any atom is 0.417 e. The number of hydrogen-bond donors (Lipinski definition) is 1. The van der Waals surface area contributed by atoms with Crippen LogP contribution < -0.4 is 4.72 Å². The number of sulfonamides is 1. The first kappa shape index (κ1) is 18.6. The fraction of sp³-hybridized carbons (Fsp3) is 0.400. The topological polar surface area (TPSA) is 113 Å². The highest BCUT2D eigenvalue weighted by molar-refractivity contribution is 7.89. The van der Waals surface area contributed by atoms with Crippen LogP contribution in [-0.2, 0) is 24.3 Å². The van der Waals surface area contributed by atoms with Gasteiger partial charge in [0.15, 0.2) is 6.61 Å². The predicted octanol–water partition coefficient (Wildman–Crippen LogP) is 0.198. The summed E-state index contributed by atoms with van der Waals surface area (Å²) in [6.07, 6.45) is -0.730. The molecule has 2 aliphatic heterocycles. The van der Waals surface area contributed by atoms with E-state index in [1.165, 1.54) is 23.1 Å². The van der Waals surface area contributed by atoms with Crippen LogP contribution >= 0.6 is 11.6 Å². The molecule has 0 aliphatic carbocycles. The van der Waals surface area contributed by atoms with Crippen molar-refractivity contribution in [3.8, 4) is 0 Å². The first-order chi connectivity index (χ1) is 12.3. The molecule has 0 atom stereocenters. The molecule has 1 aromatic rings. The molecule has 140 valence electrons. The number of halogens is 1. The summed E-state index contributed by atoms with van der Waals surface area (Å²) in [6.45, 7) is 0.107. The molecule has 0 aromatic heterocycles. The Labute approximate surface area is 154 Å². The molecule has 3 amide bonds. The summed E-state index contributed by atoms with van der Waals surface area (Å²) >= 11 is 5.78. The van der Waals surface area contributed by atoms with Gasteiger partial charge in [0.05, 0.1) is 10.9 Å². The Morgan fingerprint density at radius 3 is 2.65 bits per heavy atom. The molecule has 0 unspecified atom stereocenters. The SMILES string of the molecule is O=C(CCNS(=O)(=O)c1cccc(Cl)c1)N1CC(N2C(=O)COC2=O)C1. The third-order valence-corrected chi connectivity index (χ3v) is 5.80. The van der Waals surface area contributed by atoms with Crippen LogP contribution in [0.5, 0.6) is 0 Å². The van der Waals surface area contributed by atoms with E-state index in [2.05, 4.69) is 9.46 Å². The van der Waals surface area contributed by atoms with Gasteiger partial charge in [-0.25, -0.2) is 22.8 Å². The van der Waals surface area contributed by atoms with E-state index in [-0.39, 0.29) is 49.5 Å². The summed E-state index contributed by atoms with van der Waals surface area (Å²) in [6, 6.07) is 5.42. The molecular formula is C15H16ClN3O6S. The molecule has 0 spiro atoms. The standard InChI is InChI=1S/C15H16ClN3O6S/c16-10-2-1-3-12(6-10)26(23,24)17-5-4-13(20)18-7-11(8-18)19-14(21)9-25-15(19)22/h1-3,6,11,17H,4-5,7-9H2. The minimum absolute atomic E-state index is 0.0209. The number of nitrogens with one attached hydrogen (secondary N) is 1. The average Bonchev–Trinajstić information content (AvgIpc) is 2.86. The lowest BCUT2D eigenvalue weighted by Crippen LogP contribution is -2.62. The summed E-state index contributed by atoms with van der Waals surface area (Å²) in [5.41, 5.74) is 0. The lowest BCUT2D eigenvalue weighted by molar-refractivity contribution is -0.141. The molecule has 9 nitrogen and oxygen atoms in total. The molecule has 26 heavy (non-hydrogen) atoms. The van der Waals surface area contributed by atoms with Gasteiger partial charge in [-0.2, -0.15) is 0 Å². The number of amides is 3. The maximum atomic E-state index is 12.1. The summed E-state index contributed by atoms with van der Waals surface area (Å²) in [4.78, 5) is 37.5. The zero-order valence-corrected chi connectivity index (χ0v) is 15.1. The summed E-state index contributed by atoms with van der Waals surface area (Å²) in [7, 11) is -3.75. The van der Waals surface area contributed by atoms with Gasteiger partial charge in [-0.15, -0.1) is 0 Å². The van der Waals surface area contributed by atoms with E-state index in [1.807, 2.05) is 0 Å². The minimum atomic E-state index is -3.75. The predicted molar refractivity (Wildman–Crippen MR) is 89.8 cm³/mol. The van der Waals surface area contributed by atoms with Crippen LogP contribution in [0, 0.1) is 0 Å². The summed E-state index contributed by atoms with van der Waals surface area (Å²) < 4.78 is 31.2. The zero-order valence-electron chi connectivity index (χ0n) is 13.6. The molecule has 0 saturated carbocycles. The van der Waals surface area contributed by atoms with Crippen molar-refractivity contribution in [3.63, 3.8) is 0 Å². The highest BCUT2D eigenvalue weighted by atomic mass is 35.5. The molecule has 1 N–H and O–H groups in total. The maximum absolute atomic E-state index is 12.1. The monoisotopic (exact) mass is 401 g/mol. The minimum Gasteiger partial charge on any atom is -0.439 e. The Balaban J connectivity index is 1.45. The van der Waals surface area contributed by atoms with E-state index < -0.39 is 22.0 Å². The molecule has 1 aromatic carbocycles. The van der Waals surface area contributed by atoms with Gasteiger partial charge >= 0.3 is 6.09 Å². The fourth-order valence-electron chi connectivity index (χ4n) is 2.71. The number of hydrogen-bond acceptors (Lipinski definition) is 6. The third-order valence-electron chi connectivity index (χ3n) is 4.10. The van der Waals surface area contributed by atoms with Gasteiger partial charge in [0, 0.05) is 31.1 Å². The number of rotatable bonds is 6. The number of benzene rings is 1. The third kappa shape index (κ3) is 3.81. The van der Waals surface area contributed by atoms with Crippen molar-refractivity contribution in [3.05, 3.63) is 29.3 Å². The highest BCUT2D eigenvalue weighted by Crippen LogP contribution is 2.20. The van der Waals surface area contributed by atoms with E-state index in [4.69, 9.17) is 11.6 Å². The Hall–Kier alpha value is -2.17. The van der Waals surface area contributed by atoms with Crippen LogP contribution in [0.1, 0.15) is 6.42 Å². The molecule has 2 fully saturated rings. The molecular weight excluding hydrogens is 386 g/mol. The van der Waals surface area contributed by atoms with Gasteiger partial charge in [-0.05, 0) is 18.2 Å². The Bertz CT molecular complexity index is 837. The number of nitrogens with zero attached hydrogens (tertiary/aromatic N) is 2. The lowest BCUT2D eigenvalue weighted by atomic mass is 10.1. The van der Waals surface area contributed by atoms with Crippen molar-refractivity contribution in [2.75, 3.05) is 26.2 Å². The second-order valence-corrected chi connectivity index (χ2v) is 8.08. The van der Waals surface area contributed by atoms with E-state index >= 15 is 0 Å². The van der Waals surface area contributed by atoms with Crippen LogP contribution in [0.2, 0.25) is 5.02 Å². The van der Waals surface area contributed by atoms with Gasteiger partial charge in [-0.3, -0.25) is 9.59 Å². The van der Waals surface area contributed by atoms with Crippen molar-refractivity contribution in [1.29, 1.82) is 0 Å². The molecule has 0 radical (unpaired) electrons. The molecule has 0 bridgehead atoms. The quantitative estimate of drug-likeness (QED) is 0.728. The van der Waals surface area contributed by atoms with Crippen molar-refractivity contribution in [2.45, 2.75) is 17.4 Å². The molecule has 2 aliphatic rings. The van der Waals surface area contributed by atoms with E-state index in [0.29, 0.717) is 5.02 Å². The van der Waals surface area contributed by atoms with Crippen LogP contribution in [0.15, 0.2) is 29.2 Å². The van der Waals surface area contributed by atoms with Crippen molar-refractivity contribution in [2.24, 2.45) is 0 Å². The number of ether oxygens (including phenoxy) is 1. The van der Waals surface area contributed by atoms with Gasteiger partial charge in [0.2, 0.25) is 15.9 Å². The zero-order chi connectivity index (χ0) is 18.9. The van der Waals surface area contributed by atoms with Crippen LogP contribution in [0.3, 0.4) is 0 Å². The van der Waals surface area contributed by atoms with Gasteiger partial charge in [0.1, 0.15) is 0 Å². The van der Waals surface area contributed by atoms with E-state index in [9.17, 15) is 22.8 Å². The number of carbonyl (C=O) groups is 3. The number of carbonyl (C=O) groups excluding carboxylic acids is 3. The number of imide groups is 1. The Morgan fingerprint density at radius 1 is 1.31 bits per heavy atom. The molecule has 2 heterocycles. The molecule has 11 heteroatoms. The second-order valence-electron chi connectivity index (χ2n) is 5.88. The highest BCUT2D eigenvalue weighted by Gasteiger charge is 2.44. The first-order valence-corrected chi connectivity index (χ1v) is 9.66. The average molecular weight is 402 g/mol. The van der Waals surface area contributed by atoms with Crippen LogP contribution in [-0.4, -0.2) is 68.4 Å².